The fourth-order valence-electron chi connectivity index (χ4n) is 1.57. The molecular formula is C13H13N3O3. The van der Waals surface area contributed by atoms with Crippen LogP contribution in [0.15, 0.2) is 22.6 Å². The van der Waals surface area contributed by atoms with Crippen molar-refractivity contribution in [1.29, 1.82) is 5.26 Å². The average molecular weight is 259 g/mol. The highest BCUT2D eigenvalue weighted by atomic mass is 16.5. The Morgan fingerprint density at radius 2 is 1.84 bits per heavy atom. The molecule has 6 nitrogen and oxygen atoms in total. The Bertz CT molecular complexity index is 579. The van der Waals surface area contributed by atoms with Crippen LogP contribution in [0.3, 0.4) is 0 Å². The standard InChI is InChI=1S/C13H13N3O3/c1-17-10-6-9(7-11(8-10)18-2)13-16-15-12(19-13)4-3-5-14/h6-8H,3-4H2,1-2H3. The van der Waals surface area contributed by atoms with Gasteiger partial charge in [0.05, 0.1) is 20.3 Å². The smallest absolute Gasteiger partial charge is 0.248 e. The second-order valence-corrected chi connectivity index (χ2v) is 3.76. The summed E-state index contributed by atoms with van der Waals surface area (Å²) in [4.78, 5) is 0. The van der Waals surface area contributed by atoms with Crippen molar-refractivity contribution in [3.63, 3.8) is 0 Å². The highest BCUT2D eigenvalue weighted by Crippen LogP contribution is 2.29. The Balaban J connectivity index is 2.30. The first-order chi connectivity index (χ1) is 9.26. The molecule has 1 aromatic heterocycles. The monoisotopic (exact) mass is 259 g/mol. The van der Waals surface area contributed by atoms with Gasteiger partial charge in [-0.15, -0.1) is 10.2 Å². The zero-order valence-electron chi connectivity index (χ0n) is 10.7. The van der Waals surface area contributed by atoms with Gasteiger partial charge in [0.1, 0.15) is 11.5 Å². The summed E-state index contributed by atoms with van der Waals surface area (Å²) in [5, 5.41) is 16.4. The second kappa shape index (κ2) is 5.87. The summed E-state index contributed by atoms with van der Waals surface area (Å²) in [5.74, 6) is 2.11. The molecule has 6 heteroatoms. The molecule has 0 atom stereocenters. The highest BCUT2D eigenvalue weighted by molar-refractivity contribution is 5.59. The minimum Gasteiger partial charge on any atom is -0.497 e. The molecule has 0 fully saturated rings. The third kappa shape index (κ3) is 3.01. The van der Waals surface area contributed by atoms with Crippen molar-refractivity contribution in [1.82, 2.24) is 10.2 Å². The molecule has 0 spiro atoms. The summed E-state index contributed by atoms with van der Waals surface area (Å²) in [6.07, 6.45) is 0.799. The van der Waals surface area contributed by atoms with Crippen molar-refractivity contribution in [2.75, 3.05) is 14.2 Å². The Morgan fingerprint density at radius 1 is 1.16 bits per heavy atom. The zero-order chi connectivity index (χ0) is 13.7. The minimum absolute atomic E-state index is 0.350. The zero-order valence-corrected chi connectivity index (χ0v) is 10.7. The van der Waals surface area contributed by atoms with Gasteiger partial charge < -0.3 is 13.9 Å². The lowest BCUT2D eigenvalue weighted by Gasteiger charge is -2.05. The Kier molecular flexibility index (Phi) is 3.98. The number of hydrogen-bond donors (Lipinski definition) is 0. The van der Waals surface area contributed by atoms with Crippen LogP contribution in [-0.2, 0) is 6.42 Å². The second-order valence-electron chi connectivity index (χ2n) is 3.76. The minimum atomic E-state index is 0.350. The Morgan fingerprint density at radius 3 is 2.42 bits per heavy atom. The van der Waals surface area contributed by atoms with E-state index in [0.29, 0.717) is 41.7 Å². The molecule has 2 rings (SSSR count). The van der Waals surface area contributed by atoms with Crippen LogP contribution in [0, 0.1) is 11.3 Å². The van der Waals surface area contributed by atoms with Crippen LogP contribution in [0.5, 0.6) is 11.5 Å². The first-order valence-electron chi connectivity index (χ1n) is 5.69. The van der Waals surface area contributed by atoms with E-state index in [-0.39, 0.29) is 0 Å². The number of hydrogen-bond acceptors (Lipinski definition) is 6. The first kappa shape index (κ1) is 12.9. The molecule has 0 unspecified atom stereocenters. The van der Waals surface area contributed by atoms with Crippen LogP contribution in [0.4, 0.5) is 0 Å². The number of methoxy groups -OCH3 is 2. The van der Waals surface area contributed by atoms with Gasteiger partial charge in [-0.3, -0.25) is 0 Å². The molecule has 0 saturated heterocycles. The molecule has 0 saturated carbocycles. The van der Waals surface area contributed by atoms with Crippen molar-refractivity contribution in [2.24, 2.45) is 0 Å². The molecule has 0 bridgehead atoms. The van der Waals surface area contributed by atoms with Gasteiger partial charge in [0.2, 0.25) is 11.8 Å². The number of ether oxygens (including phenoxy) is 2. The van der Waals surface area contributed by atoms with E-state index in [2.05, 4.69) is 10.2 Å². The van der Waals surface area contributed by atoms with Gasteiger partial charge in [-0.25, -0.2) is 0 Å². The van der Waals surface area contributed by atoms with E-state index in [4.69, 9.17) is 19.2 Å². The number of aromatic nitrogens is 2. The molecule has 0 aliphatic rings. The average Bonchev–Trinajstić information content (AvgIpc) is 2.93. The molecule has 0 radical (unpaired) electrons. The highest BCUT2D eigenvalue weighted by Gasteiger charge is 2.11. The fourth-order valence-corrected chi connectivity index (χ4v) is 1.57. The molecule has 0 N–H and O–H groups in total. The molecule has 0 aliphatic carbocycles. The number of nitrogens with zero attached hydrogens (tertiary/aromatic N) is 3. The number of aryl methyl sites for hydroxylation is 1. The summed E-state index contributed by atoms with van der Waals surface area (Å²) in [7, 11) is 3.15. The van der Waals surface area contributed by atoms with E-state index in [1.807, 2.05) is 6.07 Å². The number of benzene rings is 1. The normalized spacial score (nSPS) is 9.95. The maximum atomic E-state index is 8.52. The van der Waals surface area contributed by atoms with Crippen LogP contribution < -0.4 is 9.47 Å². The van der Waals surface area contributed by atoms with Crippen molar-refractivity contribution < 1.29 is 13.9 Å². The van der Waals surface area contributed by atoms with Crippen molar-refractivity contribution in [3.8, 4) is 29.0 Å². The lowest BCUT2D eigenvalue weighted by molar-refractivity contribution is 0.394. The fraction of sp³-hybridized carbons (Fsp3) is 0.308. The van der Waals surface area contributed by atoms with Gasteiger partial charge in [0, 0.05) is 24.5 Å². The van der Waals surface area contributed by atoms with Crippen molar-refractivity contribution in [3.05, 3.63) is 24.1 Å². The molecule has 19 heavy (non-hydrogen) atoms. The van der Waals surface area contributed by atoms with E-state index in [0.717, 1.165) is 0 Å². The Hall–Kier alpha value is -2.55. The van der Waals surface area contributed by atoms with Crippen LogP contribution in [0.1, 0.15) is 12.3 Å². The lowest BCUT2D eigenvalue weighted by atomic mass is 10.2. The van der Waals surface area contributed by atoms with Gasteiger partial charge in [0.25, 0.3) is 0 Å². The topological polar surface area (TPSA) is 81.2 Å². The van der Waals surface area contributed by atoms with Crippen LogP contribution in [0.25, 0.3) is 11.5 Å². The molecule has 1 aromatic carbocycles. The quantitative estimate of drug-likeness (QED) is 0.818. The van der Waals surface area contributed by atoms with E-state index >= 15 is 0 Å². The predicted octanol–water partition coefficient (Wildman–Crippen LogP) is 2.21. The van der Waals surface area contributed by atoms with Crippen LogP contribution in [-0.4, -0.2) is 24.4 Å². The largest absolute Gasteiger partial charge is 0.497 e. The number of rotatable bonds is 5. The third-order valence-corrected chi connectivity index (χ3v) is 2.52. The van der Waals surface area contributed by atoms with Gasteiger partial charge in [-0.1, -0.05) is 0 Å². The van der Waals surface area contributed by atoms with Gasteiger partial charge in [0.15, 0.2) is 0 Å². The van der Waals surface area contributed by atoms with E-state index in [1.165, 1.54) is 0 Å². The molecule has 2 aromatic rings. The van der Waals surface area contributed by atoms with Gasteiger partial charge in [-0.2, -0.15) is 5.26 Å². The van der Waals surface area contributed by atoms with Crippen LogP contribution >= 0.6 is 0 Å². The lowest BCUT2D eigenvalue weighted by Crippen LogP contribution is -1.88. The summed E-state index contributed by atoms with van der Waals surface area (Å²) in [6, 6.07) is 7.36. The summed E-state index contributed by atoms with van der Waals surface area (Å²) in [6.45, 7) is 0. The van der Waals surface area contributed by atoms with E-state index < -0.39 is 0 Å². The summed E-state index contributed by atoms with van der Waals surface area (Å²) >= 11 is 0. The Labute approximate surface area is 110 Å². The number of nitriles is 1. The molecule has 0 aliphatic heterocycles. The molecule has 1 heterocycles. The predicted molar refractivity (Wildman–Crippen MR) is 66.8 cm³/mol. The van der Waals surface area contributed by atoms with Gasteiger partial charge in [-0.05, 0) is 12.1 Å². The maximum absolute atomic E-state index is 8.52. The molecule has 0 amide bonds. The maximum Gasteiger partial charge on any atom is 0.248 e. The summed E-state index contributed by atoms with van der Waals surface area (Å²) < 4.78 is 15.8. The third-order valence-electron chi connectivity index (χ3n) is 2.52. The van der Waals surface area contributed by atoms with Crippen LogP contribution in [0.2, 0.25) is 0 Å². The SMILES string of the molecule is COc1cc(OC)cc(-c2nnc(CCC#N)o2)c1. The van der Waals surface area contributed by atoms with E-state index in [9.17, 15) is 0 Å². The van der Waals surface area contributed by atoms with Crippen molar-refractivity contribution >= 4 is 0 Å². The van der Waals surface area contributed by atoms with E-state index in [1.54, 1.807) is 32.4 Å². The molecule has 98 valence electrons. The molecular weight excluding hydrogens is 246 g/mol. The van der Waals surface area contributed by atoms with Crippen molar-refractivity contribution in [2.45, 2.75) is 12.8 Å². The summed E-state index contributed by atoms with van der Waals surface area (Å²) in [5.41, 5.74) is 0.715. The van der Waals surface area contributed by atoms with Gasteiger partial charge >= 0.3 is 0 Å². The first-order valence-corrected chi connectivity index (χ1v) is 5.69.